The molecule has 21 heavy (non-hydrogen) atoms. The van der Waals surface area contributed by atoms with Gasteiger partial charge in [0.05, 0.1) is 12.1 Å². The Morgan fingerprint density at radius 1 is 1.00 bits per heavy atom. The zero-order valence-electron chi connectivity index (χ0n) is 11.0. The topological polar surface area (TPSA) is 46.2 Å². The van der Waals surface area contributed by atoms with Gasteiger partial charge in [-0.1, -0.05) is 30.3 Å². The van der Waals surface area contributed by atoms with Crippen LogP contribution in [0.15, 0.2) is 42.5 Å². The second-order valence-corrected chi connectivity index (χ2v) is 4.57. The molecule has 2 aromatic rings. The molecule has 0 aliphatic rings. The zero-order valence-corrected chi connectivity index (χ0v) is 11.8. The van der Waals surface area contributed by atoms with Crippen LogP contribution in [-0.4, -0.2) is 11.2 Å². The highest BCUT2D eigenvalue weighted by Gasteiger charge is 2.24. The molecular weight excluding hydrogens is 303 g/mol. The van der Waals surface area contributed by atoms with Crippen LogP contribution in [0.5, 0.6) is 0 Å². The molecule has 0 fully saturated rings. The van der Waals surface area contributed by atoms with Gasteiger partial charge in [0.1, 0.15) is 17.5 Å². The summed E-state index contributed by atoms with van der Waals surface area (Å²) >= 11 is 0. The number of nitrogens with two attached hydrogens (primary N) is 1. The molecule has 0 unspecified atom stereocenters. The van der Waals surface area contributed by atoms with E-state index in [-0.39, 0.29) is 18.8 Å². The van der Waals surface area contributed by atoms with E-state index in [0.29, 0.717) is 12.1 Å². The first-order chi connectivity index (χ1) is 9.49. The van der Waals surface area contributed by atoms with E-state index in [9.17, 15) is 18.3 Å². The lowest BCUT2D eigenvalue weighted by molar-refractivity contribution is 0.141. The molecule has 2 nitrogen and oxygen atoms in total. The number of hydrogen-bond donors (Lipinski definition) is 2. The number of rotatable bonds is 4. The van der Waals surface area contributed by atoms with Crippen LogP contribution in [0.1, 0.15) is 17.2 Å². The van der Waals surface area contributed by atoms with Gasteiger partial charge in [-0.05, 0) is 5.56 Å². The number of hydrogen-bond acceptors (Lipinski definition) is 2. The Kier molecular flexibility index (Phi) is 6.20. The highest BCUT2D eigenvalue weighted by atomic mass is 35.5. The molecule has 114 valence electrons. The Bertz CT molecular complexity index is 572. The maximum absolute atomic E-state index is 13.6. The fourth-order valence-corrected chi connectivity index (χ4v) is 2.05. The van der Waals surface area contributed by atoms with Crippen LogP contribution >= 0.6 is 12.4 Å². The van der Waals surface area contributed by atoms with Gasteiger partial charge in [0.2, 0.25) is 0 Å². The van der Waals surface area contributed by atoms with Gasteiger partial charge in [0, 0.05) is 24.1 Å². The van der Waals surface area contributed by atoms with Crippen LogP contribution in [-0.2, 0) is 6.42 Å². The van der Waals surface area contributed by atoms with E-state index in [2.05, 4.69) is 0 Å². The molecule has 0 saturated heterocycles. The maximum atomic E-state index is 13.6. The molecule has 0 radical (unpaired) electrons. The highest BCUT2D eigenvalue weighted by molar-refractivity contribution is 5.85. The van der Waals surface area contributed by atoms with Gasteiger partial charge in [0.15, 0.2) is 0 Å². The molecule has 6 heteroatoms. The van der Waals surface area contributed by atoms with Gasteiger partial charge < -0.3 is 10.8 Å². The third-order valence-electron chi connectivity index (χ3n) is 3.08. The predicted octanol–water partition coefficient (Wildman–Crippen LogP) is 3.13. The molecule has 0 amide bonds. The standard InChI is InChI=1S/C15H14F3NO.ClH/c16-10-7-11(17)14(12(18)8-10)15(19)13(20)6-9-4-2-1-3-5-9;/h1-5,7-8,13,15,20H,6,19H2;1H/t13-,15-;/m1./s1. The van der Waals surface area contributed by atoms with Crippen LogP contribution in [0.4, 0.5) is 13.2 Å². The van der Waals surface area contributed by atoms with Crippen molar-refractivity contribution in [3.8, 4) is 0 Å². The van der Waals surface area contributed by atoms with Gasteiger partial charge in [0.25, 0.3) is 0 Å². The molecular formula is C15H15ClF3NO. The molecule has 3 N–H and O–H groups in total. The van der Waals surface area contributed by atoms with Gasteiger partial charge in [-0.15, -0.1) is 12.4 Å². The first-order valence-corrected chi connectivity index (χ1v) is 6.11. The number of halogens is 4. The minimum atomic E-state index is -1.27. The van der Waals surface area contributed by atoms with E-state index in [1.807, 2.05) is 6.07 Å². The smallest absolute Gasteiger partial charge is 0.133 e. The molecule has 0 heterocycles. The fourth-order valence-electron chi connectivity index (χ4n) is 2.05. The van der Waals surface area contributed by atoms with Gasteiger partial charge >= 0.3 is 0 Å². The Hall–Kier alpha value is -1.56. The van der Waals surface area contributed by atoms with E-state index in [0.717, 1.165) is 5.56 Å². The monoisotopic (exact) mass is 317 g/mol. The van der Waals surface area contributed by atoms with E-state index >= 15 is 0 Å². The molecule has 2 aromatic carbocycles. The van der Waals surface area contributed by atoms with E-state index in [4.69, 9.17) is 5.73 Å². The molecule has 0 saturated carbocycles. The van der Waals surface area contributed by atoms with Crippen molar-refractivity contribution in [3.63, 3.8) is 0 Å². The minimum Gasteiger partial charge on any atom is -0.391 e. The van der Waals surface area contributed by atoms with Crippen LogP contribution in [0.2, 0.25) is 0 Å². The van der Waals surface area contributed by atoms with Crippen molar-refractivity contribution in [2.75, 3.05) is 0 Å². The van der Waals surface area contributed by atoms with Crippen LogP contribution < -0.4 is 5.73 Å². The molecule has 2 rings (SSSR count). The summed E-state index contributed by atoms with van der Waals surface area (Å²) in [5.74, 6) is -3.21. The first-order valence-electron chi connectivity index (χ1n) is 6.11. The largest absolute Gasteiger partial charge is 0.391 e. The summed E-state index contributed by atoms with van der Waals surface area (Å²) in [4.78, 5) is 0. The van der Waals surface area contributed by atoms with Crippen molar-refractivity contribution in [2.24, 2.45) is 5.73 Å². The number of aliphatic hydroxyl groups excluding tert-OH is 1. The molecule has 0 aromatic heterocycles. The quantitative estimate of drug-likeness (QED) is 0.910. The van der Waals surface area contributed by atoms with Crippen molar-refractivity contribution >= 4 is 12.4 Å². The summed E-state index contributed by atoms with van der Waals surface area (Å²) in [5.41, 5.74) is 5.97. The molecule has 2 atom stereocenters. The van der Waals surface area contributed by atoms with Gasteiger partial charge in [-0.3, -0.25) is 0 Å². The summed E-state index contributed by atoms with van der Waals surface area (Å²) in [7, 11) is 0. The van der Waals surface area contributed by atoms with Crippen molar-refractivity contribution in [2.45, 2.75) is 18.6 Å². The Morgan fingerprint density at radius 3 is 2.05 bits per heavy atom. The van der Waals surface area contributed by atoms with Gasteiger partial charge in [-0.25, -0.2) is 13.2 Å². The Morgan fingerprint density at radius 2 is 1.52 bits per heavy atom. The third-order valence-corrected chi connectivity index (χ3v) is 3.08. The predicted molar refractivity (Wildman–Crippen MR) is 76.6 cm³/mol. The van der Waals surface area contributed by atoms with Crippen LogP contribution in [0.25, 0.3) is 0 Å². The average Bonchev–Trinajstić information content (AvgIpc) is 2.38. The third kappa shape index (κ3) is 4.20. The second-order valence-electron chi connectivity index (χ2n) is 4.57. The maximum Gasteiger partial charge on any atom is 0.133 e. The molecule has 0 bridgehead atoms. The second kappa shape index (κ2) is 7.45. The normalized spacial score (nSPS) is 13.4. The van der Waals surface area contributed by atoms with Crippen LogP contribution in [0.3, 0.4) is 0 Å². The summed E-state index contributed by atoms with van der Waals surface area (Å²) in [5, 5.41) is 9.99. The minimum absolute atomic E-state index is 0. The van der Waals surface area contributed by atoms with E-state index in [1.165, 1.54) is 0 Å². The van der Waals surface area contributed by atoms with E-state index in [1.54, 1.807) is 24.3 Å². The van der Waals surface area contributed by atoms with Crippen molar-refractivity contribution < 1.29 is 18.3 Å². The Labute approximate surface area is 126 Å². The lowest BCUT2D eigenvalue weighted by atomic mass is 9.96. The first kappa shape index (κ1) is 17.5. The number of benzene rings is 2. The fraction of sp³-hybridized carbons (Fsp3) is 0.200. The Balaban J connectivity index is 0.00000220. The van der Waals surface area contributed by atoms with E-state index < -0.39 is 35.2 Å². The highest BCUT2D eigenvalue weighted by Crippen LogP contribution is 2.24. The van der Waals surface area contributed by atoms with Crippen molar-refractivity contribution in [1.82, 2.24) is 0 Å². The summed E-state index contributed by atoms with van der Waals surface area (Å²) < 4.78 is 40.0. The van der Waals surface area contributed by atoms with Crippen LogP contribution in [0, 0.1) is 17.5 Å². The summed E-state index contributed by atoms with van der Waals surface area (Å²) in [6.07, 6.45) is -1.02. The average molecular weight is 318 g/mol. The summed E-state index contributed by atoms with van der Waals surface area (Å²) in [6, 6.07) is 8.76. The van der Waals surface area contributed by atoms with Crippen molar-refractivity contribution in [1.29, 1.82) is 0 Å². The van der Waals surface area contributed by atoms with Crippen molar-refractivity contribution in [3.05, 3.63) is 71.0 Å². The lowest BCUT2D eigenvalue weighted by Gasteiger charge is -2.20. The SMILES string of the molecule is Cl.N[C@@H](c1c(F)cc(F)cc1F)[C@H](O)Cc1ccccc1. The van der Waals surface area contributed by atoms with Gasteiger partial charge in [-0.2, -0.15) is 0 Å². The lowest BCUT2D eigenvalue weighted by Crippen LogP contribution is -2.30. The molecule has 0 spiro atoms. The molecule has 0 aliphatic heterocycles. The zero-order chi connectivity index (χ0) is 14.7. The molecule has 0 aliphatic carbocycles. The number of aliphatic hydroxyl groups is 1. The summed E-state index contributed by atoms with van der Waals surface area (Å²) in [6.45, 7) is 0.